The van der Waals surface area contributed by atoms with E-state index in [0.29, 0.717) is 17.4 Å². The number of quaternary nitrogens is 1. The molecule has 0 fully saturated rings. The van der Waals surface area contributed by atoms with Crippen LogP contribution in [0.5, 0.6) is 0 Å². The number of carboxylic acid groups (broad SMARTS) is 1. The lowest BCUT2D eigenvalue weighted by atomic mass is 10.0. The van der Waals surface area contributed by atoms with Gasteiger partial charge in [0.2, 0.25) is 0 Å². The van der Waals surface area contributed by atoms with Gasteiger partial charge in [-0.2, -0.15) is 0 Å². The standard InChI is InChI=1S/C68H131NO8/c1-6-8-10-12-14-16-18-20-22-24-26-28-29-30-31-32-33-34-35-36-37-39-40-42-44-46-48-50-52-54-56-58-65(70)75-62-64(63-76-68(67(72)73)74-61-60-69(3,4)5)77-66(71)59-57-55-53-51-49-47-45-43-41-38-27-25-23-21-19-17-15-13-11-9-7-2/h25,27,64,68H,6-24,26,28-63H2,1-5H3/p+1/b27-25-. The molecule has 77 heavy (non-hydrogen) atoms. The lowest BCUT2D eigenvalue weighted by Crippen LogP contribution is -2.40. The first kappa shape index (κ1) is 75.0. The fourth-order valence-corrected chi connectivity index (χ4v) is 10.3. The molecule has 1 N–H and O–H groups in total. The number of carbonyl (C=O) groups excluding carboxylic acids is 2. The summed E-state index contributed by atoms with van der Waals surface area (Å²) in [6.45, 7) is 4.95. The first-order valence-electron chi connectivity index (χ1n) is 33.9. The van der Waals surface area contributed by atoms with Crippen molar-refractivity contribution in [3.05, 3.63) is 12.2 Å². The third-order valence-corrected chi connectivity index (χ3v) is 15.5. The van der Waals surface area contributed by atoms with E-state index < -0.39 is 18.4 Å². The molecule has 0 rings (SSSR count). The van der Waals surface area contributed by atoms with Crippen molar-refractivity contribution >= 4 is 17.9 Å². The van der Waals surface area contributed by atoms with Crippen LogP contribution in [0.4, 0.5) is 0 Å². The van der Waals surface area contributed by atoms with E-state index in [2.05, 4.69) is 26.0 Å². The number of hydrogen-bond acceptors (Lipinski definition) is 7. The van der Waals surface area contributed by atoms with Crippen LogP contribution in [0.3, 0.4) is 0 Å². The van der Waals surface area contributed by atoms with E-state index in [0.717, 1.165) is 38.5 Å². The van der Waals surface area contributed by atoms with Crippen LogP contribution in [0.15, 0.2) is 12.2 Å². The summed E-state index contributed by atoms with van der Waals surface area (Å²) >= 11 is 0. The molecule has 2 unspecified atom stereocenters. The number of nitrogens with zero attached hydrogens (tertiary/aromatic N) is 1. The normalized spacial score (nSPS) is 12.7. The largest absolute Gasteiger partial charge is 0.477 e. The second-order valence-electron chi connectivity index (χ2n) is 24.5. The summed E-state index contributed by atoms with van der Waals surface area (Å²) in [6.07, 6.45) is 69.0. The topological polar surface area (TPSA) is 108 Å². The number of allylic oxidation sites excluding steroid dienone is 2. The molecule has 9 nitrogen and oxygen atoms in total. The Hall–Kier alpha value is -1.97. The van der Waals surface area contributed by atoms with Gasteiger partial charge in [-0.1, -0.05) is 309 Å². The van der Waals surface area contributed by atoms with Gasteiger partial charge in [-0.05, 0) is 38.5 Å². The molecule has 2 atom stereocenters. The zero-order valence-electron chi connectivity index (χ0n) is 52.2. The molecule has 0 amide bonds. The van der Waals surface area contributed by atoms with Crippen LogP contribution >= 0.6 is 0 Å². The molecule has 0 saturated heterocycles. The van der Waals surface area contributed by atoms with Crippen LogP contribution in [0, 0.1) is 0 Å². The Balaban J connectivity index is 4.05. The maximum atomic E-state index is 12.9. The van der Waals surface area contributed by atoms with Crippen molar-refractivity contribution in [1.29, 1.82) is 0 Å². The highest BCUT2D eigenvalue weighted by atomic mass is 16.7. The molecular weight excluding hydrogens is 959 g/mol. The minimum atomic E-state index is -1.51. The van der Waals surface area contributed by atoms with Gasteiger partial charge in [-0.15, -0.1) is 0 Å². The van der Waals surface area contributed by atoms with E-state index in [-0.39, 0.29) is 38.2 Å². The summed E-state index contributed by atoms with van der Waals surface area (Å²) in [4.78, 5) is 37.5. The Morgan fingerprint density at radius 1 is 0.377 bits per heavy atom. The Labute approximate surface area is 478 Å². The lowest BCUT2D eigenvalue weighted by Gasteiger charge is -2.25. The fourth-order valence-electron chi connectivity index (χ4n) is 10.3. The summed E-state index contributed by atoms with van der Waals surface area (Å²) in [5.41, 5.74) is 0. The first-order chi connectivity index (χ1) is 37.6. The number of unbranched alkanes of at least 4 members (excludes halogenated alkanes) is 47. The maximum Gasteiger partial charge on any atom is 0.361 e. The molecule has 0 aromatic rings. The van der Waals surface area contributed by atoms with Crippen molar-refractivity contribution in [2.24, 2.45) is 0 Å². The molecule has 0 aromatic carbocycles. The molecule has 0 heterocycles. The molecule has 0 spiro atoms. The highest BCUT2D eigenvalue weighted by Gasteiger charge is 2.25. The minimum Gasteiger partial charge on any atom is -0.477 e. The van der Waals surface area contributed by atoms with E-state index in [1.54, 1.807) is 0 Å². The van der Waals surface area contributed by atoms with Gasteiger partial charge in [-0.3, -0.25) is 9.59 Å². The molecular formula is C68H132NO8+. The number of ether oxygens (including phenoxy) is 4. The second kappa shape index (κ2) is 60.1. The third kappa shape index (κ3) is 61.5. The van der Waals surface area contributed by atoms with Gasteiger partial charge in [-0.25, -0.2) is 4.79 Å². The molecule has 456 valence electrons. The van der Waals surface area contributed by atoms with E-state index in [9.17, 15) is 19.5 Å². The Morgan fingerprint density at radius 3 is 0.961 bits per heavy atom. The molecule has 0 aromatic heterocycles. The quantitative estimate of drug-likeness (QED) is 0.0211. The number of esters is 2. The number of aliphatic carboxylic acids is 1. The number of carboxylic acids is 1. The second-order valence-corrected chi connectivity index (χ2v) is 24.5. The summed E-state index contributed by atoms with van der Waals surface area (Å²) in [7, 11) is 5.99. The van der Waals surface area contributed by atoms with Gasteiger partial charge in [0.15, 0.2) is 6.10 Å². The molecule has 0 bridgehead atoms. The Morgan fingerprint density at radius 2 is 0.662 bits per heavy atom. The number of rotatable bonds is 64. The van der Waals surface area contributed by atoms with Crippen LogP contribution in [-0.2, 0) is 33.3 Å². The van der Waals surface area contributed by atoms with Crippen molar-refractivity contribution in [2.75, 3.05) is 47.5 Å². The summed E-state index contributed by atoms with van der Waals surface area (Å²) < 4.78 is 23.0. The third-order valence-electron chi connectivity index (χ3n) is 15.5. The van der Waals surface area contributed by atoms with Gasteiger partial charge < -0.3 is 28.5 Å². The van der Waals surface area contributed by atoms with Crippen molar-refractivity contribution in [3.63, 3.8) is 0 Å². The first-order valence-corrected chi connectivity index (χ1v) is 33.9. The summed E-state index contributed by atoms with van der Waals surface area (Å²) in [6, 6.07) is 0. The molecule has 0 saturated carbocycles. The molecule has 0 aliphatic carbocycles. The highest BCUT2D eigenvalue weighted by Crippen LogP contribution is 2.19. The fraction of sp³-hybridized carbons (Fsp3) is 0.926. The Bertz CT molecular complexity index is 1270. The van der Waals surface area contributed by atoms with Gasteiger partial charge in [0, 0.05) is 12.8 Å². The molecule has 0 radical (unpaired) electrons. The number of carbonyl (C=O) groups is 3. The zero-order chi connectivity index (χ0) is 56.2. The van der Waals surface area contributed by atoms with Crippen molar-refractivity contribution in [2.45, 2.75) is 360 Å². The predicted molar refractivity (Wildman–Crippen MR) is 328 cm³/mol. The molecule has 0 aliphatic heterocycles. The van der Waals surface area contributed by atoms with E-state index in [1.165, 1.54) is 283 Å². The smallest absolute Gasteiger partial charge is 0.361 e. The average molecular weight is 1090 g/mol. The van der Waals surface area contributed by atoms with Crippen LogP contribution in [0.25, 0.3) is 0 Å². The number of likely N-dealkylation sites (N-methyl/N-ethyl adjacent to an activating group) is 1. The van der Waals surface area contributed by atoms with E-state index in [4.69, 9.17) is 18.9 Å². The molecule has 0 aliphatic rings. The summed E-state index contributed by atoms with van der Waals surface area (Å²) in [5.74, 6) is -1.98. The van der Waals surface area contributed by atoms with Crippen LogP contribution < -0.4 is 0 Å². The summed E-state index contributed by atoms with van der Waals surface area (Å²) in [5, 5.41) is 9.73. The predicted octanol–water partition coefficient (Wildman–Crippen LogP) is 20.5. The zero-order valence-corrected chi connectivity index (χ0v) is 52.2. The Kier molecular flexibility index (Phi) is 58.6. The maximum absolute atomic E-state index is 12.9. The van der Waals surface area contributed by atoms with Gasteiger partial charge in [0.25, 0.3) is 6.29 Å². The van der Waals surface area contributed by atoms with Gasteiger partial charge in [0.05, 0.1) is 34.4 Å². The highest BCUT2D eigenvalue weighted by molar-refractivity contribution is 5.71. The van der Waals surface area contributed by atoms with E-state index in [1.807, 2.05) is 21.1 Å². The van der Waals surface area contributed by atoms with Crippen molar-refractivity contribution < 1.29 is 42.9 Å². The van der Waals surface area contributed by atoms with Crippen LogP contribution in [0.2, 0.25) is 0 Å². The minimum absolute atomic E-state index is 0.176. The number of hydrogen-bond donors (Lipinski definition) is 1. The molecule has 9 heteroatoms. The van der Waals surface area contributed by atoms with E-state index >= 15 is 0 Å². The van der Waals surface area contributed by atoms with Crippen molar-refractivity contribution in [3.8, 4) is 0 Å². The lowest BCUT2D eigenvalue weighted by molar-refractivity contribution is -0.870. The van der Waals surface area contributed by atoms with Crippen molar-refractivity contribution in [1.82, 2.24) is 0 Å². The van der Waals surface area contributed by atoms with Gasteiger partial charge in [0.1, 0.15) is 13.2 Å². The van der Waals surface area contributed by atoms with Crippen LogP contribution in [-0.4, -0.2) is 87.4 Å². The average Bonchev–Trinajstić information content (AvgIpc) is 3.40. The SMILES string of the molecule is CCCCCCCCCC/C=C\CCCCCCCCCCCC(=O)OC(COC(=O)CCCCCCCCCCCCCCCCCCCCCCCCCCCCCCCCC)COC(OCC[N+](C)(C)C)C(=O)O. The van der Waals surface area contributed by atoms with Crippen LogP contribution in [0.1, 0.15) is 348 Å². The monoisotopic (exact) mass is 1090 g/mol. The van der Waals surface area contributed by atoms with Gasteiger partial charge >= 0.3 is 17.9 Å².